The summed E-state index contributed by atoms with van der Waals surface area (Å²) in [4.78, 5) is 24.6. The zero-order valence-electron chi connectivity index (χ0n) is 15.6. The third-order valence-electron chi connectivity index (χ3n) is 5.45. The molecule has 5 heteroatoms. The number of nitrogens with two attached hydrogens (primary N) is 1. The van der Waals surface area contributed by atoms with E-state index in [1.165, 1.54) is 16.3 Å². The van der Waals surface area contributed by atoms with Crippen LogP contribution in [0.3, 0.4) is 0 Å². The fourth-order valence-corrected chi connectivity index (χ4v) is 3.79. The summed E-state index contributed by atoms with van der Waals surface area (Å²) in [5.74, 6) is 4.81. The molecule has 0 aromatic heterocycles. The van der Waals surface area contributed by atoms with Crippen LogP contribution in [0.5, 0.6) is 0 Å². The van der Waals surface area contributed by atoms with E-state index in [0.717, 1.165) is 18.4 Å². The molecule has 0 bridgehead atoms. The average Bonchev–Trinajstić information content (AvgIpc) is 3.52. The summed E-state index contributed by atoms with van der Waals surface area (Å²) < 4.78 is 0. The first-order valence-corrected chi connectivity index (χ1v) is 9.51. The Morgan fingerprint density at radius 1 is 0.929 bits per heavy atom. The summed E-state index contributed by atoms with van der Waals surface area (Å²) in [5.41, 5.74) is 4.43. The first kappa shape index (κ1) is 18.2. The molecule has 4 rings (SSSR count). The number of amides is 2. The maximum Gasteiger partial charge on any atom is 0.252 e. The smallest absolute Gasteiger partial charge is 0.252 e. The van der Waals surface area contributed by atoms with Crippen LogP contribution in [-0.4, -0.2) is 11.8 Å². The van der Waals surface area contributed by atoms with Crippen molar-refractivity contribution in [2.75, 3.05) is 0 Å². The van der Waals surface area contributed by atoms with Gasteiger partial charge in [-0.05, 0) is 47.2 Å². The summed E-state index contributed by atoms with van der Waals surface area (Å²) in [6.45, 7) is 0. The topological polar surface area (TPSA) is 84.2 Å². The largest absolute Gasteiger partial charge is 0.342 e. The first-order chi connectivity index (χ1) is 13.6. The summed E-state index contributed by atoms with van der Waals surface area (Å²) in [7, 11) is 0. The highest BCUT2D eigenvalue weighted by Crippen LogP contribution is 2.48. The summed E-state index contributed by atoms with van der Waals surface area (Å²) in [6.07, 6.45) is 2.55. The predicted octanol–water partition coefficient (Wildman–Crippen LogP) is 3.18. The summed E-state index contributed by atoms with van der Waals surface area (Å²) in [6, 6.07) is 21.9. The van der Waals surface area contributed by atoms with Crippen LogP contribution in [0, 0.1) is 0 Å². The van der Waals surface area contributed by atoms with Crippen molar-refractivity contribution in [3.63, 3.8) is 0 Å². The van der Waals surface area contributed by atoms with Gasteiger partial charge >= 0.3 is 0 Å². The fraction of sp³-hybridized carbons (Fsp3) is 0.217. The van der Waals surface area contributed by atoms with Crippen LogP contribution in [0.15, 0.2) is 66.7 Å². The van der Waals surface area contributed by atoms with Gasteiger partial charge in [-0.1, -0.05) is 60.7 Å². The Labute approximate surface area is 163 Å². The molecule has 0 saturated heterocycles. The van der Waals surface area contributed by atoms with E-state index >= 15 is 0 Å². The maximum atomic E-state index is 13.1. The molecule has 3 aromatic carbocycles. The number of aryl methyl sites for hydroxylation is 1. The van der Waals surface area contributed by atoms with Gasteiger partial charge in [0.15, 0.2) is 0 Å². The van der Waals surface area contributed by atoms with Crippen LogP contribution < -0.4 is 16.6 Å². The molecule has 0 heterocycles. The summed E-state index contributed by atoms with van der Waals surface area (Å²) >= 11 is 0. The molecule has 0 spiro atoms. The number of rotatable bonds is 6. The summed E-state index contributed by atoms with van der Waals surface area (Å²) in [5, 5.41) is 5.62. The Kier molecular flexibility index (Phi) is 4.84. The highest BCUT2D eigenvalue weighted by molar-refractivity contribution is 5.97. The van der Waals surface area contributed by atoms with E-state index in [2.05, 4.69) is 35.0 Å². The molecule has 2 amide bonds. The SMILES string of the molecule is NNC(=O)CCc1ccccc1C(=O)NC1(c2cccc3ccccc23)CC1. The number of hydrogen-bond donors (Lipinski definition) is 3. The van der Waals surface area contributed by atoms with E-state index in [0.29, 0.717) is 12.0 Å². The normalized spacial score (nSPS) is 14.5. The average molecular weight is 373 g/mol. The zero-order valence-corrected chi connectivity index (χ0v) is 15.6. The van der Waals surface area contributed by atoms with E-state index in [1.54, 1.807) is 0 Å². The molecule has 3 aromatic rings. The van der Waals surface area contributed by atoms with Crippen molar-refractivity contribution in [3.05, 3.63) is 83.4 Å². The van der Waals surface area contributed by atoms with Gasteiger partial charge in [-0.2, -0.15) is 0 Å². The minimum absolute atomic E-state index is 0.103. The minimum atomic E-state index is -0.320. The van der Waals surface area contributed by atoms with Crippen molar-refractivity contribution >= 4 is 22.6 Å². The van der Waals surface area contributed by atoms with E-state index < -0.39 is 0 Å². The van der Waals surface area contributed by atoms with Crippen molar-refractivity contribution in [1.82, 2.24) is 10.7 Å². The van der Waals surface area contributed by atoms with Gasteiger partial charge < -0.3 is 5.32 Å². The molecule has 1 aliphatic carbocycles. The second-order valence-corrected chi connectivity index (χ2v) is 7.29. The van der Waals surface area contributed by atoms with Crippen LogP contribution in [-0.2, 0) is 16.8 Å². The Bertz CT molecular complexity index is 1040. The highest BCUT2D eigenvalue weighted by atomic mass is 16.2. The number of hydrogen-bond acceptors (Lipinski definition) is 3. The molecule has 28 heavy (non-hydrogen) atoms. The number of carbonyl (C=O) groups excluding carboxylic acids is 2. The zero-order chi connectivity index (χ0) is 19.6. The molecule has 5 nitrogen and oxygen atoms in total. The lowest BCUT2D eigenvalue weighted by Crippen LogP contribution is -2.35. The number of benzene rings is 3. The lowest BCUT2D eigenvalue weighted by molar-refractivity contribution is -0.121. The van der Waals surface area contributed by atoms with E-state index in [4.69, 9.17) is 5.84 Å². The number of hydrazine groups is 1. The van der Waals surface area contributed by atoms with Crippen LogP contribution >= 0.6 is 0 Å². The van der Waals surface area contributed by atoms with Gasteiger partial charge in [-0.25, -0.2) is 5.84 Å². The molecule has 4 N–H and O–H groups in total. The molecule has 1 aliphatic rings. The second-order valence-electron chi connectivity index (χ2n) is 7.29. The Morgan fingerprint density at radius 3 is 2.43 bits per heavy atom. The van der Waals surface area contributed by atoms with Crippen LogP contribution in [0.4, 0.5) is 0 Å². The Morgan fingerprint density at radius 2 is 1.64 bits per heavy atom. The van der Waals surface area contributed by atoms with Gasteiger partial charge in [-0.15, -0.1) is 0 Å². The monoisotopic (exact) mass is 373 g/mol. The van der Waals surface area contributed by atoms with Gasteiger partial charge in [0.2, 0.25) is 5.91 Å². The quantitative estimate of drug-likeness (QED) is 0.352. The predicted molar refractivity (Wildman–Crippen MR) is 109 cm³/mol. The van der Waals surface area contributed by atoms with E-state index in [1.807, 2.05) is 42.5 Å². The van der Waals surface area contributed by atoms with Crippen LogP contribution in [0.1, 0.15) is 40.7 Å². The third kappa shape index (κ3) is 3.49. The highest BCUT2D eigenvalue weighted by Gasteiger charge is 2.46. The molecule has 0 radical (unpaired) electrons. The van der Waals surface area contributed by atoms with Gasteiger partial charge in [0.25, 0.3) is 5.91 Å². The first-order valence-electron chi connectivity index (χ1n) is 9.51. The van der Waals surface area contributed by atoms with Crippen molar-refractivity contribution in [2.45, 2.75) is 31.2 Å². The van der Waals surface area contributed by atoms with E-state index in [9.17, 15) is 9.59 Å². The molecule has 1 saturated carbocycles. The minimum Gasteiger partial charge on any atom is -0.342 e. The fourth-order valence-electron chi connectivity index (χ4n) is 3.79. The second kappa shape index (κ2) is 7.44. The van der Waals surface area contributed by atoms with E-state index in [-0.39, 0.29) is 23.8 Å². The lowest BCUT2D eigenvalue weighted by Gasteiger charge is -2.21. The van der Waals surface area contributed by atoms with Gasteiger partial charge in [0.1, 0.15) is 0 Å². The Balaban J connectivity index is 1.60. The lowest BCUT2D eigenvalue weighted by atomic mass is 9.96. The van der Waals surface area contributed by atoms with Crippen LogP contribution in [0.2, 0.25) is 0 Å². The van der Waals surface area contributed by atoms with Crippen molar-refractivity contribution in [1.29, 1.82) is 0 Å². The molecule has 0 unspecified atom stereocenters. The number of fused-ring (bicyclic) bond motifs is 1. The molecule has 0 aliphatic heterocycles. The number of carbonyl (C=O) groups is 2. The van der Waals surface area contributed by atoms with Crippen LogP contribution in [0.25, 0.3) is 10.8 Å². The van der Waals surface area contributed by atoms with Gasteiger partial charge in [0.05, 0.1) is 5.54 Å². The maximum absolute atomic E-state index is 13.1. The third-order valence-corrected chi connectivity index (χ3v) is 5.45. The van der Waals surface area contributed by atoms with Crippen molar-refractivity contribution in [3.8, 4) is 0 Å². The van der Waals surface area contributed by atoms with Crippen molar-refractivity contribution < 1.29 is 9.59 Å². The standard InChI is InChI=1S/C23H23N3O2/c24-26-21(27)13-12-17-7-2-4-10-19(17)22(28)25-23(14-15-23)20-11-5-8-16-6-1-3-9-18(16)20/h1-11H,12-15,24H2,(H,25,28)(H,26,27). The molecule has 0 atom stereocenters. The number of nitrogens with one attached hydrogen (secondary N) is 2. The molecular formula is C23H23N3O2. The van der Waals surface area contributed by atoms with Crippen molar-refractivity contribution in [2.24, 2.45) is 5.84 Å². The molecule has 1 fully saturated rings. The molecule has 142 valence electrons. The molecular weight excluding hydrogens is 350 g/mol. The van der Waals surface area contributed by atoms with Gasteiger partial charge in [-0.3, -0.25) is 15.0 Å². The Hall–Kier alpha value is -3.18. The van der Waals surface area contributed by atoms with Gasteiger partial charge in [0, 0.05) is 12.0 Å².